The van der Waals surface area contributed by atoms with E-state index in [1.165, 1.54) is 12.5 Å². The Kier molecular flexibility index (Phi) is 6.26. The number of rotatable bonds is 6. The zero-order valence-corrected chi connectivity index (χ0v) is 22.1. The van der Waals surface area contributed by atoms with Gasteiger partial charge in [-0.15, -0.1) is 0 Å². The molecule has 0 saturated heterocycles. The van der Waals surface area contributed by atoms with Crippen molar-refractivity contribution in [2.45, 2.75) is 15.8 Å². The molecule has 10 heteroatoms. The van der Waals surface area contributed by atoms with Gasteiger partial charge < -0.3 is 5.43 Å². The summed E-state index contributed by atoms with van der Waals surface area (Å²) >= 11 is 0. The van der Waals surface area contributed by atoms with Crippen LogP contribution in [0.3, 0.4) is 0 Å². The summed E-state index contributed by atoms with van der Waals surface area (Å²) < 4.78 is 47.9. The molecule has 3 aromatic carbocycles. The molecule has 1 atom stereocenters. The molecule has 1 unspecified atom stereocenters. The number of nitrogens with zero attached hydrogens (tertiary/aromatic N) is 2. The van der Waals surface area contributed by atoms with E-state index in [0.29, 0.717) is 0 Å². The molecule has 0 bridgehead atoms. The first kappa shape index (κ1) is 24.9. The number of nitrogens with one attached hydrogen (secondary N) is 2. The predicted molar refractivity (Wildman–Crippen MR) is 144 cm³/mol. The van der Waals surface area contributed by atoms with Gasteiger partial charge in [-0.25, -0.2) is 21.8 Å². The van der Waals surface area contributed by atoms with Gasteiger partial charge in [0, 0.05) is 30.7 Å². The lowest BCUT2D eigenvalue weighted by atomic mass is 10.0. The summed E-state index contributed by atoms with van der Waals surface area (Å²) in [6.07, 6.45) is 4.45. The first-order valence-corrected chi connectivity index (χ1v) is 15.3. The molecule has 1 aromatic heterocycles. The van der Waals surface area contributed by atoms with Crippen LogP contribution in [-0.2, 0) is 19.7 Å². The van der Waals surface area contributed by atoms with Crippen LogP contribution in [-0.4, -0.2) is 51.6 Å². The van der Waals surface area contributed by atoms with E-state index in [0.717, 1.165) is 39.3 Å². The van der Waals surface area contributed by atoms with Crippen molar-refractivity contribution in [1.82, 2.24) is 20.6 Å². The molecule has 0 amide bonds. The largest absolute Gasteiger partial charge is 0.318 e. The first-order valence-electron chi connectivity index (χ1n) is 11.5. The summed E-state index contributed by atoms with van der Waals surface area (Å²) in [4.78, 5) is 0.529. The molecule has 190 valence electrons. The normalized spacial score (nSPS) is 16.4. The number of hydrogen-bond donors (Lipinski definition) is 2. The molecule has 0 radical (unpaired) electrons. The molecule has 0 saturated carbocycles. The van der Waals surface area contributed by atoms with Crippen LogP contribution in [0.15, 0.2) is 94.7 Å². The van der Waals surface area contributed by atoms with Gasteiger partial charge in [0.1, 0.15) is 0 Å². The lowest BCUT2D eigenvalue weighted by molar-refractivity contribution is 0.261. The number of aromatic amines is 1. The molecule has 5 rings (SSSR count). The topological polar surface area (TPSA) is 112 Å². The smallest absolute Gasteiger partial charge is 0.175 e. The van der Waals surface area contributed by atoms with Crippen molar-refractivity contribution >= 4 is 25.4 Å². The van der Waals surface area contributed by atoms with E-state index in [1.807, 2.05) is 48.5 Å². The maximum atomic E-state index is 12.0. The third kappa shape index (κ3) is 5.22. The van der Waals surface area contributed by atoms with Crippen molar-refractivity contribution in [3.05, 3.63) is 96.1 Å². The number of sulfone groups is 2. The van der Waals surface area contributed by atoms with Crippen LogP contribution >= 0.6 is 0 Å². The lowest BCUT2D eigenvalue weighted by Gasteiger charge is -2.20. The molecule has 2 N–H and O–H groups in total. The first-order chi connectivity index (χ1) is 17.5. The molecular formula is C27H26N4O4S2. The SMILES string of the molecule is CN1NC(c2cccc(S(C)(=O)=O)c2)=CC1c1cccc(-c2cc(-c3cccc(S(C)(=O)=O)c3)[nH]n2)c1. The van der Waals surface area contributed by atoms with E-state index in [2.05, 4.69) is 27.8 Å². The van der Waals surface area contributed by atoms with Crippen LogP contribution in [0.4, 0.5) is 0 Å². The average molecular weight is 535 g/mol. The summed E-state index contributed by atoms with van der Waals surface area (Å²) in [5, 5.41) is 9.44. The highest BCUT2D eigenvalue weighted by Crippen LogP contribution is 2.33. The second-order valence-electron chi connectivity index (χ2n) is 9.14. The highest BCUT2D eigenvalue weighted by molar-refractivity contribution is 7.91. The maximum Gasteiger partial charge on any atom is 0.175 e. The highest BCUT2D eigenvalue weighted by Gasteiger charge is 2.24. The van der Waals surface area contributed by atoms with Crippen LogP contribution in [0.5, 0.6) is 0 Å². The van der Waals surface area contributed by atoms with E-state index in [1.54, 1.807) is 36.4 Å². The molecule has 8 nitrogen and oxygen atoms in total. The van der Waals surface area contributed by atoms with Gasteiger partial charge >= 0.3 is 0 Å². The van der Waals surface area contributed by atoms with Gasteiger partial charge in [0.05, 0.1) is 32.9 Å². The average Bonchev–Trinajstić information content (AvgIpc) is 3.51. The van der Waals surface area contributed by atoms with Crippen molar-refractivity contribution in [3.8, 4) is 22.5 Å². The van der Waals surface area contributed by atoms with E-state index in [-0.39, 0.29) is 15.8 Å². The van der Waals surface area contributed by atoms with Gasteiger partial charge in [0.15, 0.2) is 19.7 Å². The van der Waals surface area contributed by atoms with E-state index in [4.69, 9.17) is 0 Å². The van der Waals surface area contributed by atoms with Crippen LogP contribution in [0.1, 0.15) is 17.2 Å². The van der Waals surface area contributed by atoms with Crippen LogP contribution in [0.2, 0.25) is 0 Å². The Morgan fingerprint density at radius 3 is 2.03 bits per heavy atom. The highest BCUT2D eigenvalue weighted by atomic mass is 32.2. The zero-order valence-electron chi connectivity index (χ0n) is 20.5. The molecule has 4 aromatic rings. The van der Waals surface area contributed by atoms with E-state index in [9.17, 15) is 16.8 Å². The molecular weight excluding hydrogens is 508 g/mol. The predicted octanol–water partition coefficient (Wildman–Crippen LogP) is 4.08. The van der Waals surface area contributed by atoms with Gasteiger partial charge in [0.25, 0.3) is 0 Å². The zero-order chi connectivity index (χ0) is 26.4. The Morgan fingerprint density at radius 1 is 0.757 bits per heavy atom. The monoisotopic (exact) mass is 534 g/mol. The Labute approximate surface area is 216 Å². The van der Waals surface area contributed by atoms with Crippen LogP contribution < -0.4 is 5.43 Å². The second-order valence-corrected chi connectivity index (χ2v) is 13.2. The van der Waals surface area contributed by atoms with Gasteiger partial charge in [-0.1, -0.05) is 42.5 Å². The van der Waals surface area contributed by atoms with Gasteiger partial charge in [0.2, 0.25) is 0 Å². The summed E-state index contributed by atoms with van der Waals surface area (Å²) in [6, 6.07) is 23.5. The summed E-state index contributed by atoms with van der Waals surface area (Å²) in [7, 11) is -4.69. The van der Waals surface area contributed by atoms with Gasteiger partial charge in [-0.3, -0.25) is 5.10 Å². The number of hydrogen-bond acceptors (Lipinski definition) is 7. The molecule has 0 spiro atoms. The summed E-state index contributed by atoms with van der Waals surface area (Å²) in [6.45, 7) is 0. The number of H-pyrrole nitrogens is 1. The number of hydrazine groups is 1. The third-order valence-electron chi connectivity index (χ3n) is 6.29. The van der Waals surface area contributed by atoms with E-state index >= 15 is 0 Å². The van der Waals surface area contributed by atoms with Crippen LogP contribution in [0.25, 0.3) is 28.2 Å². The quantitative estimate of drug-likeness (QED) is 0.383. The minimum atomic E-state index is -3.31. The molecule has 0 aliphatic carbocycles. The minimum absolute atomic E-state index is 0.0818. The Hall–Kier alpha value is -3.73. The molecule has 0 fully saturated rings. The standard InChI is InChI=1S/C27H26N4O4S2/c1-31-27(17-26(30-31)20-9-6-12-23(15-20)37(3,34)35)21-10-4-7-18(13-21)24-16-25(29-28-24)19-8-5-11-22(14-19)36(2,32)33/h4-17,27,30H,1-3H3,(H,28,29). The number of likely N-dealkylation sites (N-methyl/N-ethyl adjacent to an activating group) is 1. The Balaban J connectivity index is 1.44. The molecule has 2 heterocycles. The van der Waals surface area contributed by atoms with E-state index < -0.39 is 19.7 Å². The summed E-state index contributed by atoms with van der Waals surface area (Å²) in [5.74, 6) is 0. The van der Waals surface area contributed by atoms with Gasteiger partial charge in [-0.05, 0) is 53.6 Å². The van der Waals surface area contributed by atoms with Crippen molar-refractivity contribution in [1.29, 1.82) is 0 Å². The van der Waals surface area contributed by atoms with Crippen molar-refractivity contribution in [2.24, 2.45) is 0 Å². The fourth-order valence-corrected chi connectivity index (χ4v) is 5.67. The van der Waals surface area contributed by atoms with Crippen molar-refractivity contribution in [3.63, 3.8) is 0 Å². The molecule has 37 heavy (non-hydrogen) atoms. The fraction of sp³-hybridized carbons (Fsp3) is 0.148. The molecule has 1 aliphatic heterocycles. The maximum absolute atomic E-state index is 12.0. The molecule has 1 aliphatic rings. The lowest BCUT2D eigenvalue weighted by Crippen LogP contribution is -2.29. The Bertz CT molecular complexity index is 1740. The van der Waals surface area contributed by atoms with Gasteiger partial charge in [-0.2, -0.15) is 5.10 Å². The minimum Gasteiger partial charge on any atom is -0.318 e. The Morgan fingerprint density at radius 2 is 1.35 bits per heavy atom. The number of aromatic nitrogens is 2. The van der Waals surface area contributed by atoms with Crippen molar-refractivity contribution in [2.75, 3.05) is 19.6 Å². The summed E-state index contributed by atoms with van der Waals surface area (Å²) in [5.41, 5.74) is 9.09. The van der Waals surface area contributed by atoms with Crippen LogP contribution in [0, 0.1) is 0 Å². The second kappa shape index (κ2) is 9.29. The van der Waals surface area contributed by atoms with Crippen molar-refractivity contribution < 1.29 is 16.8 Å². The fourth-order valence-electron chi connectivity index (χ4n) is 4.34. The number of benzene rings is 3. The third-order valence-corrected chi connectivity index (χ3v) is 8.51.